The molecule has 4 aliphatic rings. The van der Waals surface area contributed by atoms with E-state index in [-0.39, 0.29) is 78.5 Å². The number of nitrogens with one attached hydrogen (secondary N) is 1. The minimum absolute atomic E-state index is 0.00846. The highest BCUT2D eigenvalue weighted by atomic mass is 16.7. The lowest BCUT2D eigenvalue weighted by atomic mass is 9.73. The number of aromatic hydroxyl groups is 2. The summed E-state index contributed by atoms with van der Waals surface area (Å²) in [6.45, 7) is 2.24. The normalized spacial score (nSPS) is 27.5. The molecule has 5 N–H and O–H groups in total. The molecule has 50 heavy (non-hydrogen) atoms. The molecule has 2 heterocycles. The van der Waals surface area contributed by atoms with Gasteiger partial charge in [-0.3, -0.25) is 33.7 Å². The van der Waals surface area contributed by atoms with E-state index in [1.807, 2.05) is 0 Å². The molecule has 7 atom stereocenters. The Hall–Kier alpha value is -4.70. The molecular weight excluding hydrogens is 656 g/mol. The van der Waals surface area contributed by atoms with Gasteiger partial charge in [0.25, 0.3) is 0 Å². The summed E-state index contributed by atoms with van der Waals surface area (Å²) in [5.74, 6) is -5.85. The molecule has 2 aromatic rings. The van der Waals surface area contributed by atoms with Crippen LogP contribution in [0, 0.1) is 11.8 Å². The molecule has 0 radical (unpaired) electrons. The van der Waals surface area contributed by atoms with E-state index in [0.29, 0.717) is 0 Å². The van der Waals surface area contributed by atoms with Crippen molar-refractivity contribution in [3.63, 3.8) is 0 Å². The molecule has 2 aliphatic heterocycles. The van der Waals surface area contributed by atoms with E-state index in [9.17, 15) is 49.2 Å². The summed E-state index contributed by atoms with van der Waals surface area (Å²) in [5.41, 5.74) is -1.05. The summed E-state index contributed by atoms with van der Waals surface area (Å²) in [5, 5.41) is 46.5. The van der Waals surface area contributed by atoms with Crippen LogP contribution in [0.2, 0.25) is 0 Å². The van der Waals surface area contributed by atoms with E-state index >= 15 is 0 Å². The molecule has 6 rings (SSSR count). The molecule has 2 aromatic carbocycles. The van der Waals surface area contributed by atoms with Crippen LogP contribution < -0.4 is 10.1 Å². The van der Waals surface area contributed by atoms with Crippen molar-refractivity contribution in [2.75, 3.05) is 20.3 Å². The highest BCUT2D eigenvalue weighted by molar-refractivity contribution is 6.31. The van der Waals surface area contributed by atoms with Crippen molar-refractivity contribution >= 4 is 35.1 Å². The Morgan fingerprint density at radius 1 is 1.00 bits per heavy atom. The van der Waals surface area contributed by atoms with Crippen LogP contribution in [0.15, 0.2) is 18.2 Å². The van der Waals surface area contributed by atoms with Crippen LogP contribution in [0.3, 0.4) is 0 Å². The van der Waals surface area contributed by atoms with E-state index in [2.05, 4.69) is 5.32 Å². The van der Waals surface area contributed by atoms with Crippen LogP contribution in [0.1, 0.15) is 88.6 Å². The molecule has 15 nitrogen and oxygen atoms in total. The number of carbonyl (C=O) groups excluding carboxylic acids is 6. The lowest BCUT2D eigenvalue weighted by Gasteiger charge is -2.41. The second kappa shape index (κ2) is 13.5. The maximum Gasteiger partial charge on any atom is 0.232 e. The number of nitrogens with zero attached hydrogens (tertiary/aromatic N) is 1. The number of Topliss-reactive ketones (excluding diaryl/α,β-unsaturated/α-hetero) is 1. The van der Waals surface area contributed by atoms with E-state index in [0.717, 1.165) is 4.90 Å². The maximum absolute atomic E-state index is 13.9. The van der Waals surface area contributed by atoms with Gasteiger partial charge in [0.05, 0.1) is 42.0 Å². The van der Waals surface area contributed by atoms with Crippen molar-refractivity contribution in [3.05, 3.63) is 51.6 Å². The first kappa shape index (κ1) is 35.1. The Balaban J connectivity index is 1.29. The first-order valence-corrected chi connectivity index (χ1v) is 16.4. The number of phenols is 2. The van der Waals surface area contributed by atoms with Crippen molar-refractivity contribution in [2.24, 2.45) is 11.8 Å². The van der Waals surface area contributed by atoms with Gasteiger partial charge in [0.15, 0.2) is 17.9 Å². The van der Waals surface area contributed by atoms with E-state index in [1.54, 1.807) is 13.8 Å². The van der Waals surface area contributed by atoms with Gasteiger partial charge in [-0.15, -0.1) is 0 Å². The number of hydrogen-bond donors (Lipinski definition) is 5. The third-order valence-electron chi connectivity index (χ3n) is 10.0. The number of phenolic OH excluding ortho intramolecular Hbond substituents is 2. The SMILES string of the molecule is COc1cccc2c1C(=O)c1c(O)c3c(c(O)c1C2=O)CC(C(=O)CO)C[C@@H]3O[C@H]1C[C@H](NC(=O)CCN2C(=O)CC(C)C2=O)[C@H](O)[C@H](C)O1. The predicted octanol–water partition coefficient (Wildman–Crippen LogP) is 0.829. The van der Waals surface area contributed by atoms with Gasteiger partial charge < -0.3 is 40.0 Å². The molecule has 266 valence electrons. The van der Waals surface area contributed by atoms with Crippen LogP contribution in [0.25, 0.3) is 0 Å². The third-order valence-corrected chi connectivity index (χ3v) is 10.0. The lowest BCUT2D eigenvalue weighted by molar-refractivity contribution is -0.245. The van der Waals surface area contributed by atoms with Gasteiger partial charge in [0.2, 0.25) is 23.5 Å². The van der Waals surface area contributed by atoms with Crippen molar-refractivity contribution in [1.29, 1.82) is 0 Å². The molecular formula is C35H38N2O13. The average molecular weight is 695 g/mol. The van der Waals surface area contributed by atoms with Gasteiger partial charge in [0, 0.05) is 54.3 Å². The number of likely N-dealkylation sites (tertiary alicyclic amines) is 1. The number of hydrogen-bond acceptors (Lipinski definition) is 13. The molecule has 2 fully saturated rings. The largest absolute Gasteiger partial charge is 0.507 e. The molecule has 2 saturated heterocycles. The fourth-order valence-electron chi connectivity index (χ4n) is 7.42. The van der Waals surface area contributed by atoms with Gasteiger partial charge in [0.1, 0.15) is 30.0 Å². The number of aliphatic hydroxyl groups is 2. The highest BCUT2D eigenvalue weighted by Gasteiger charge is 2.46. The standard InChI is InChI=1S/C35H38N2O13/c1-14-9-24(41)37(35(14)47)8-7-23(40)36-19-12-25(49-15(2)30(19)42)50-22-11-16(20(39)13-38)10-18-27(22)34(46)29-28(32(18)44)31(43)17-5-4-6-21(48-3)26(17)33(29)45/h4-6,14-16,19,22,25,30,38,42,44,46H,7-13H2,1-3H3,(H,36,40)/t14?,15-,16?,19-,22-,25-,30+/m0/s1. The fourth-order valence-corrected chi connectivity index (χ4v) is 7.42. The van der Waals surface area contributed by atoms with Gasteiger partial charge >= 0.3 is 0 Å². The molecule has 3 amide bonds. The Morgan fingerprint density at radius 2 is 1.72 bits per heavy atom. The third kappa shape index (κ3) is 5.93. The van der Waals surface area contributed by atoms with Crippen molar-refractivity contribution in [3.8, 4) is 17.2 Å². The van der Waals surface area contributed by atoms with Crippen LogP contribution in [0.5, 0.6) is 17.2 Å². The number of carbonyl (C=O) groups is 6. The molecule has 0 saturated carbocycles. The summed E-state index contributed by atoms with van der Waals surface area (Å²) in [6.07, 6.45) is -4.94. The number of benzene rings is 2. The first-order valence-electron chi connectivity index (χ1n) is 16.4. The number of imide groups is 1. The van der Waals surface area contributed by atoms with Crippen LogP contribution in [0.4, 0.5) is 0 Å². The Bertz CT molecular complexity index is 1800. The predicted molar refractivity (Wildman–Crippen MR) is 169 cm³/mol. The zero-order valence-electron chi connectivity index (χ0n) is 27.6. The second-order valence-electron chi connectivity index (χ2n) is 13.2. The van der Waals surface area contributed by atoms with Gasteiger partial charge in [-0.25, -0.2) is 0 Å². The summed E-state index contributed by atoms with van der Waals surface area (Å²) in [4.78, 5) is 78.6. The van der Waals surface area contributed by atoms with E-state index in [1.165, 1.54) is 25.3 Å². The number of methoxy groups -OCH3 is 1. The average Bonchev–Trinajstić information content (AvgIpc) is 3.34. The molecule has 0 bridgehead atoms. The highest BCUT2D eigenvalue weighted by Crippen LogP contribution is 2.51. The molecule has 2 aliphatic carbocycles. The minimum Gasteiger partial charge on any atom is -0.507 e. The molecule has 0 aromatic heterocycles. The summed E-state index contributed by atoms with van der Waals surface area (Å²) in [6, 6.07) is 3.49. The smallest absolute Gasteiger partial charge is 0.232 e. The van der Waals surface area contributed by atoms with Crippen LogP contribution >= 0.6 is 0 Å². The fraction of sp³-hybridized carbons (Fsp3) is 0.486. The van der Waals surface area contributed by atoms with Crippen molar-refractivity contribution in [2.45, 2.75) is 76.6 Å². The Kier molecular flexibility index (Phi) is 9.52. The molecule has 0 spiro atoms. The van der Waals surface area contributed by atoms with Crippen molar-refractivity contribution < 1.29 is 63.4 Å². The molecule has 2 unspecified atom stereocenters. The van der Waals surface area contributed by atoms with Gasteiger partial charge in [-0.2, -0.15) is 0 Å². The first-order chi connectivity index (χ1) is 23.8. The topological polar surface area (TPSA) is 226 Å². The number of aliphatic hydroxyl groups excluding tert-OH is 2. The summed E-state index contributed by atoms with van der Waals surface area (Å²) < 4.78 is 17.5. The Morgan fingerprint density at radius 3 is 2.38 bits per heavy atom. The maximum atomic E-state index is 13.9. The zero-order valence-corrected chi connectivity index (χ0v) is 27.6. The zero-order chi connectivity index (χ0) is 36.2. The number of rotatable bonds is 9. The lowest BCUT2D eigenvalue weighted by Crippen LogP contribution is -2.55. The van der Waals surface area contributed by atoms with Crippen molar-refractivity contribution in [1.82, 2.24) is 10.2 Å². The van der Waals surface area contributed by atoms with Gasteiger partial charge in [-0.05, 0) is 25.8 Å². The van der Waals surface area contributed by atoms with Crippen LogP contribution in [-0.2, 0) is 35.1 Å². The van der Waals surface area contributed by atoms with E-state index in [4.69, 9.17) is 14.2 Å². The number of ether oxygens (including phenoxy) is 3. The van der Waals surface area contributed by atoms with Gasteiger partial charge in [-0.1, -0.05) is 19.1 Å². The quantitative estimate of drug-likeness (QED) is 0.155. The molecule has 15 heteroatoms. The minimum atomic E-state index is -1.21. The second-order valence-corrected chi connectivity index (χ2v) is 13.2. The number of ketones is 3. The van der Waals surface area contributed by atoms with E-state index < -0.39 is 95.0 Å². The summed E-state index contributed by atoms with van der Waals surface area (Å²) >= 11 is 0. The monoisotopic (exact) mass is 694 g/mol. The number of amides is 3. The number of fused-ring (bicyclic) bond motifs is 3. The Labute approximate surface area is 286 Å². The summed E-state index contributed by atoms with van der Waals surface area (Å²) in [7, 11) is 1.32. The van der Waals surface area contributed by atoms with Crippen LogP contribution in [-0.4, -0.2) is 105 Å².